The second-order valence-electron chi connectivity index (χ2n) is 6.69. The molecule has 0 amide bonds. The summed E-state index contributed by atoms with van der Waals surface area (Å²) in [5.74, 6) is 0. The molecule has 0 atom stereocenters. The van der Waals surface area contributed by atoms with Crippen molar-refractivity contribution in [3.63, 3.8) is 0 Å². The van der Waals surface area contributed by atoms with Gasteiger partial charge in [-0.3, -0.25) is 0 Å². The minimum atomic E-state index is 1.01. The Labute approximate surface area is 133 Å². The quantitative estimate of drug-likeness (QED) is 0.600. The number of hydrogen-bond donors (Lipinski definition) is 0. The van der Waals surface area contributed by atoms with Crippen LogP contribution < -0.4 is 0 Å². The lowest BCUT2D eigenvalue weighted by Gasteiger charge is -2.30. The molecule has 1 nitrogen and oxygen atoms in total. The topological polar surface area (TPSA) is 0 Å². The van der Waals surface area contributed by atoms with Crippen LogP contribution in [0.4, 0.5) is 0 Å². The van der Waals surface area contributed by atoms with Crippen molar-refractivity contribution in [2.45, 2.75) is 13.0 Å². The Morgan fingerprint density at radius 2 is 1.41 bits per heavy atom. The first-order valence-electron chi connectivity index (χ1n) is 7.97. The van der Waals surface area contributed by atoms with E-state index < -0.39 is 0 Å². The van der Waals surface area contributed by atoms with E-state index in [1.807, 2.05) is 0 Å². The Morgan fingerprint density at radius 3 is 2.23 bits per heavy atom. The molecule has 3 rings (SSSR count). The summed E-state index contributed by atoms with van der Waals surface area (Å²) in [7, 11) is 4.64. The van der Waals surface area contributed by atoms with E-state index in [9.17, 15) is 0 Å². The van der Waals surface area contributed by atoms with Crippen molar-refractivity contribution in [1.29, 1.82) is 0 Å². The maximum Gasteiger partial charge on any atom is 0.104 e. The molecule has 3 aromatic rings. The maximum atomic E-state index is 2.32. The predicted octanol–water partition coefficient (Wildman–Crippen LogP) is 4.66. The van der Waals surface area contributed by atoms with E-state index >= 15 is 0 Å². The molecule has 0 aliphatic carbocycles. The van der Waals surface area contributed by atoms with E-state index in [4.69, 9.17) is 0 Å². The SMILES string of the molecule is C[N+](C)(CCc1cccc2ccccc12)Cc1ccccc1. The van der Waals surface area contributed by atoms with Crippen molar-refractivity contribution >= 4 is 10.8 Å². The maximum absolute atomic E-state index is 2.32. The lowest BCUT2D eigenvalue weighted by Crippen LogP contribution is -2.40. The number of rotatable bonds is 5. The molecule has 0 aliphatic heterocycles. The van der Waals surface area contributed by atoms with Gasteiger partial charge in [0.1, 0.15) is 6.54 Å². The fraction of sp³-hybridized carbons (Fsp3) is 0.238. The molecule has 0 unspecified atom stereocenters. The zero-order valence-corrected chi connectivity index (χ0v) is 13.5. The minimum Gasteiger partial charge on any atom is -0.324 e. The molecule has 0 radical (unpaired) electrons. The third-order valence-corrected chi connectivity index (χ3v) is 4.32. The third-order valence-electron chi connectivity index (χ3n) is 4.32. The summed E-state index contributed by atoms with van der Waals surface area (Å²) in [4.78, 5) is 0. The van der Waals surface area contributed by atoms with Gasteiger partial charge < -0.3 is 4.48 Å². The molecule has 3 aromatic carbocycles. The number of quaternary nitrogens is 1. The molecule has 0 saturated heterocycles. The van der Waals surface area contributed by atoms with Crippen LogP contribution >= 0.6 is 0 Å². The van der Waals surface area contributed by atoms with Crippen LogP contribution in [0.1, 0.15) is 11.1 Å². The van der Waals surface area contributed by atoms with E-state index in [-0.39, 0.29) is 0 Å². The Bertz CT molecular complexity index is 739. The highest BCUT2D eigenvalue weighted by molar-refractivity contribution is 5.85. The van der Waals surface area contributed by atoms with Crippen molar-refractivity contribution in [3.05, 3.63) is 83.9 Å². The second-order valence-corrected chi connectivity index (χ2v) is 6.69. The van der Waals surface area contributed by atoms with Gasteiger partial charge in [0, 0.05) is 12.0 Å². The smallest absolute Gasteiger partial charge is 0.104 e. The number of fused-ring (bicyclic) bond motifs is 1. The molecule has 0 heterocycles. The van der Waals surface area contributed by atoms with Gasteiger partial charge in [-0.1, -0.05) is 72.8 Å². The van der Waals surface area contributed by atoms with Gasteiger partial charge in [-0.05, 0) is 16.3 Å². The lowest BCUT2D eigenvalue weighted by molar-refractivity contribution is -0.903. The number of likely N-dealkylation sites (N-methyl/N-ethyl adjacent to an activating group) is 1. The van der Waals surface area contributed by atoms with Gasteiger partial charge in [-0.2, -0.15) is 0 Å². The molecule has 0 aromatic heterocycles. The molecule has 0 spiro atoms. The fourth-order valence-corrected chi connectivity index (χ4v) is 3.09. The van der Waals surface area contributed by atoms with Gasteiger partial charge in [0.2, 0.25) is 0 Å². The van der Waals surface area contributed by atoms with Crippen LogP contribution in [0, 0.1) is 0 Å². The summed E-state index contributed by atoms with van der Waals surface area (Å²) in [6, 6.07) is 26.1. The number of hydrogen-bond acceptors (Lipinski definition) is 0. The molecular formula is C21H24N+. The Hall–Kier alpha value is -2.12. The van der Waals surface area contributed by atoms with Crippen LogP contribution in [0.5, 0.6) is 0 Å². The van der Waals surface area contributed by atoms with Gasteiger partial charge in [0.05, 0.1) is 20.6 Å². The van der Waals surface area contributed by atoms with Crippen LogP contribution in [0.25, 0.3) is 10.8 Å². The van der Waals surface area contributed by atoms with Gasteiger partial charge in [0.15, 0.2) is 0 Å². The Kier molecular flexibility index (Phi) is 4.26. The molecule has 1 heteroatoms. The highest BCUT2D eigenvalue weighted by Crippen LogP contribution is 2.20. The van der Waals surface area contributed by atoms with E-state index in [1.54, 1.807) is 0 Å². The fourth-order valence-electron chi connectivity index (χ4n) is 3.09. The largest absolute Gasteiger partial charge is 0.324 e. The zero-order chi connectivity index (χ0) is 15.4. The minimum absolute atomic E-state index is 1.01. The van der Waals surface area contributed by atoms with Crippen molar-refractivity contribution in [2.75, 3.05) is 20.6 Å². The van der Waals surface area contributed by atoms with Crippen LogP contribution in [-0.4, -0.2) is 25.1 Å². The molecular weight excluding hydrogens is 266 g/mol. The van der Waals surface area contributed by atoms with Crippen LogP contribution in [0.15, 0.2) is 72.8 Å². The zero-order valence-electron chi connectivity index (χ0n) is 13.5. The average Bonchev–Trinajstić information content (AvgIpc) is 2.53. The van der Waals surface area contributed by atoms with E-state index in [2.05, 4.69) is 86.9 Å². The molecule has 0 N–H and O–H groups in total. The third kappa shape index (κ3) is 3.55. The van der Waals surface area contributed by atoms with Crippen molar-refractivity contribution in [2.24, 2.45) is 0 Å². The number of nitrogens with zero attached hydrogens (tertiary/aromatic N) is 1. The number of benzene rings is 3. The van der Waals surface area contributed by atoms with Gasteiger partial charge in [-0.25, -0.2) is 0 Å². The molecule has 112 valence electrons. The van der Waals surface area contributed by atoms with Crippen LogP contribution in [0.3, 0.4) is 0 Å². The highest BCUT2D eigenvalue weighted by atomic mass is 15.3. The molecule has 22 heavy (non-hydrogen) atoms. The van der Waals surface area contributed by atoms with Gasteiger partial charge in [-0.15, -0.1) is 0 Å². The first kappa shape index (κ1) is 14.8. The molecule has 0 bridgehead atoms. The predicted molar refractivity (Wildman–Crippen MR) is 94.8 cm³/mol. The van der Waals surface area contributed by atoms with Crippen molar-refractivity contribution < 1.29 is 4.48 Å². The normalized spacial score (nSPS) is 11.7. The highest BCUT2D eigenvalue weighted by Gasteiger charge is 2.16. The van der Waals surface area contributed by atoms with E-state index in [0.29, 0.717) is 0 Å². The van der Waals surface area contributed by atoms with Gasteiger partial charge >= 0.3 is 0 Å². The second kappa shape index (κ2) is 6.33. The summed E-state index contributed by atoms with van der Waals surface area (Å²) in [6.07, 6.45) is 1.11. The summed E-state index contributed by atoms with van der Waals surface area (Å²) in [5, 5.41) is 2.73. The summed E-state index contributed by atoms with van der Waals surface area (Å²) in [5.41, 5.74) is 2.86. The van der Waals surface area contributed by atoms with Crippen molar-refractivity contribution in [3.8, 4) is 0 Å². The first-order chi connectivity index (χ1) is 10.6. The summed E-state index contributed by atoms with van der Waals surface area (Å²) in [6.45, 7) is 2.22. The van der Waals surface area contributed by atoms with Crippen LogP contribution in [0.2, 0.25) is 0 Å². The van der Waals surface area contributed by atoms with E-state index in [0.717, 1.165) is 24.0 Å². The molecule has 0 aliphatic rings. The van der Waals surface area contributed by atoms with Crippen LogP contribution in [-0.2, 0) is 13.0 Å². The molecule has 0 fully saturated rings. The average molecular weight is 290 g/mol. The van der Waals surface area contributed by atoms with Gasteiger partial charge in [0.25, 0.3) is 0 Å². The Morgan fingerprint density at radius 1 is 0.727 bits per heavy atom. The van der Waals surface area contributed by atoms with E-state index in [1.165, 1.54) is 21.9 Å². The first-order valence-corrected chi connectivity index (χ1v) is 7.97. The summed E-state index contributed by atoms with van der Waals surface area (Å²) >= 11 is 0. The Balaban J connectivity index is 1.73. The monoisotopic (exact) mass is 290 g/mol. The summed E-state index contributed by atoms with van der Waals surface area (Å²) < 4.78 is 1.01. The lowest BCUT2D eigenvalue weighted by atomic mass is 10.0. The standard InChI is InChI=1S/C21H24N/c1-22(2,17-18-9-4-3-5-10-18)16-15-20-13-8-12-19-11-6-7-14-21(19)20/h3-14H,15-17H2,1-2H3/q+1. The molecule has 0 saturated carbocycles. The van der Waals surface area contributed by atoms with Crippen molar-refractivity contribution in [1.82, 2.24) is 0 Å².